The number of benzene rings is 2. The average molecular weight is 469 g/mol. The molecule has 5 rings (SSSR count). The van der Waals surface area contributed by atoms with Gasteiger partial charge in [0.05, 0.1) is 18.2 Å². The SMILES string of the molecule is CN1CCC2(CC1)OCC(=O)N(Cc1ccc(OCC3CC3)cc1)C2Cc1ccc(Cl)cc1. The van der Waals surface area contributed by atoms with Crippen LogP contribution in [0.25, 0.3) is 0 Å². The molecular weight excluding hydrogens is 436 g/mol. The molecule has 6 heteroatoms. The average Bonchev–Trinajstić information content (AvgIpc) is 3.66. The second-order valence-corrected chi connectivity index (χ2v) is 10.4. The minimum atomic E-state index is -0.312. The summed E-state index contributed by atoms with van der Waals surface area (Å²) >= 11 is 6.12. The topological polar surface area (TPSA) is 42.0 Å². The lowest BCUT2D eigenvalue weighted by Gasteiger charge is -2.52. The van der Waals surface area contributed by atoms with Gasteiger partial charge in [-0.3, -0.25) is 4.79 Å². The highest BCUT2D eigenvalue weighted by molar-refractivity contribution is 6.30. The maximum Gasteiger partial charge on any atom is 0.249 e. The Morgan fingerprint density at radius 3 is 2.36 bits per heavy atom. The van der Waals surface area contributed by atoms with Gasteiger partial charge in [-0.15, -0.1) is 0 Å². The maximum atomic E-state index is 13.1. The molecule has 0 N–H and O–H groups in total. The molecule has 176 valence electrons. The third-order valence-corrected chi connectivity index (χ3v) is 7.67. The first-order valence-electron chi connectivity index (χ1n) is 12.1. The van der Waals surface area contributed by atoms with Crippen LogP contribution >= 0.6 is 11.6 Å². The van der Waals surface area contributed by atoms with Gasteiger partial charge >= 0.3 is 0 Å². The number of amides is 1. The van der Waals surface area contributed by atoms with Crippen molar-refractivity contribution in [3.63, 3.8) is 0 Å². The van der Waals surface area contributed by atoms with E-state index >= 15 is 0 Å². The van der Waals surface area contributed by atoms with Crippen LogP contribution in [0.4, 0.5) is 0 Å². The number of morpholine rings is 1. The fraction of sp³-hybridized carbons (Fsp3) is 0.519. The number of hydrogen-bond donors (Lipinski definition) is 0. The van der Waals surface area contributed by atoms with Gasteiger partial charge in [-0.25, -0.2) is 0 Å². The summed E-state index contributed by atoms with van der Waals surface area (Å²) in [5.41, 5.74) is 1.98. The van der Waals surface area contributed by atoms with E-state index in [9.17, 15) is 4.79 Å². The Morgan fingerprint density at radius 2 is 1.70 bits per heavy atom. The Morgan fingerprint density at radius 1 is 1.03 bits per heavy atom. The van der Waals surface area contributed by atoms with E-state index in [4.69, 9.17) is 21.1 Å². The van der Waals surface area contributed by atoms with Crippen LogP contribution in [0.3, 0.4) is 0 Å². The van der Waals surface area contributed by atoms with Crippen molar-refractivity contribution in [3.8, 4) is 5.75 Å². The first kappa shape index (κ1) is 22.7. The number of halogens is 1. The quantitative estimate of drug-likeness (QED) is 0.597. The van der Waals surface area contributed by atoms with Crippen LogP contribution in [0.5, 0.6) is 5.75 Å². The van der Waals surface area contributed by atoms with E-state index < -0.39 is 0 Å². The third-order valence-electron chi connectivity index (χ3n) is 7.42. The summed E-state index contributed by atoms with van der Waals surface area (Å²) in [4.78, 5) is 17.5. The normalized spacial score (nSPS) is 23.2. The molecule has 2 aromatic rings. The van der Waals surface area contributed by atoms with Crippen LogP contribution in [-0.2, 0) is 22.5 Å². The Bertz CT molecular complexity index is 950. The first-order valence-corrected chi connectivity index (χ1v) is 12.5. The number of piperidine rings is 1. The predicted molar refractivity (Wildman–Crippen MR) is 130 cm³/mol. The fourth-order valence-electron chi connectivity index (χ4n) is 5.04. The number of nitrogens with zero attached hydrogens (tertiary/aromatic N) is 2. The Labute approximate surface area is 201 Å². The largest absolute Gasteiger partial charge is 0.493 e. The van der Waals surface area contributed by atoms with Gasteiger partial charge in [-0.2, -0.15) is 0 Å². The standard InChI is InChI=1S/C27H33ClN2O3/c1-29-14-12-27(13-15-29)25(16-20-4-8-23(28)9-5-20)30(26(31)19-33-27)17-21-6-10-24(11-7-21)32-18-22-2-3-22/h4-11,22,25H,2-3,12-19H2,1H3. The highest BCUT2D eigenvalue weighted by atomic mass is 35.5. The van der Waals surface area contributed by atoms with Gasteiger partial charge in [0, 0.05) is 24.7 Å². The van der Waals surface area contributed by atoms with Gasteiger partial charge in [0.1, 0.15) is 12.4 Å². The second kappa shape index (κ2) is 9.65. The molecule has 1 saturated carbocycles. The highest BCUT2D eigenvalue weighted by Crippen LogP contribution is 2.38. The van der Waals surface area contributed by atoms with Crippen molar-refractivity contribution >= 4 is 17.5 Å². The van der Waals surface area contributed by atoms with Gasteiger partial charge in [0.2, 0.25) is 5.91 Å². The van der Waals surface area contributed by atoms with Gasteiger partial charge in [0.15, 0.2) is 0 Å². The number of ether oxygens (including phenoxy) is 2. The van der Waals surface area contributed by atoms with Gasteiger partial charge in [-0.1, -0.05) is 35.9 Å². The molecule has 1 unspecified atom stereocenters. The summed E-state index contributed by atoms with van der Waals surface area (Å²) in [6.07, 6.45) is 5.18. The van der Waals surface area contributed by atoms with Crippen molar-refractivity contribution in [2.75, 3.05) is 33.4 Å². The maximum absolute atomic E-state index is 13.1. The second-order valence-electron chi connectivity index (χ2n) is 9.92. The minimum Gasteiger partial charge on any atom is -0.493 e. The van der Waals surface area contributed by atoms with Crippen LogP contribution in [0.15, 0.2) is 48.5 Å². The van der Waals surface area contributed by atoms with E-state index in [0.29, 0.717) is 6.54 Å². The number of carbonyl (C=O) groups excluding carboxylic acids is 1. The number of hydrogen-bond acceptors (Lipinski definition) is 4. The summed E-state index contributed by atoms with van der Waals surface area (Å²) < 4.78 is 12.2. The van der Waals surface area contributed by atoms with Crippen LogP contribution in [0.1, 0.15) is 36.8 Å². The molecule has 1 atom stereocenters. The molecule has 0 radical (unpaired) electrons. The third kappa shape index (κ3) is 5.37. The van der Waals surface area contributed by atoms with Crippen molar-refractivity contribution < 1.29 is 14.3 Å². The first-order chi connectivity index (χ1) is 16.0. The van der Waals surface area contributed by atoms with E-state index in [1.807, 2.05) is 24.3 Å². The molecule has 5 nitrogen and oxygen atoms in total. The summed E-state index contributed by atoms with van der Waals surface area (Å²) in [5, 5.41) is 0.726. The summed E-state index contributed by atoms with van der Waals surface area (Å²) in [5.74, 6) is 1.70. The summed E-state index contributed by atoms with van der Waals surface area (Å²) in [6, 6.07) is 16.2. The lowest BCUT2D eigenvalue weighted by molar-refractivity contribution is -0.189. The van der Waals surface area contributed by atoms with Crippen LogP contribution in [-0.4, -0.2) is 60.7 Å². The number of likely N-dealkylation sites (tertiary alicyclic amines) is 1. The zero-order chi connectivity index (χ0) is 22.8. The zero-order valence-electron chi connectivity index (χ0n) is 19.3. The number of rotatable bonds is 7. The zero-order valence-corrected chi connectivity index (χ0v) is 20.1. The molecular formula is C27H33ClN2O3. The predicted octanol–water partition coefficient (Wildman–Crippen LogP) is 4.56. The Kier molecular flexibility index (Phi) is 6.64. The van der Waals surface area contributed by atoms with Gasteiger partial charge in [0.25, 0.3) is 0 Å². The lowest BCUT2D eigenvalue weighted by atomic mass is 9.79. The molecule has 0 bridgehead atoms. The van der Waals surface area contributed by atoms with Crippen LogP contribution < -0.4 is 4.74 Å². The lowest BCUT2D eigenvalue weighted by Crippen LogP contribution is -2.65. The Hall–Kier alpha value is -2.08. The molecule has 1 aliphatic carbocycles. The van der Waals surface area contributed by atoms with Crippen molar-refractivity contribution in [3.05, 3.63) is 64.7 Å². The highest BCUT2D eigenvalue weighted by Gasteiger charge is 2.49. The smallest absolute Gasteiger partial charge is 0.249 e. The van der Waals surface area contributed by atoms with Crippen molar-refractivity contribution in [2.45, 2.75) is 50.3 Å². The Balaban J connectivity index is 1.37. The molecule has 2 aliphatic heterocycles. The van der Waals surface area contributed by atoms with E-state index in [1.54, 1.807) is 0 Å². The molecule has 2 saturated heterocycles. The van der Waals surface area contributed by atoms with Crippen molar-refractivity contribution in [1.29, 1.82) is 0 Å². The van der Waals surface area contributed by atoms with E-state index in [2.05, 4.69) is 41.1 Å². The molecule has 3 aliphatic rings. The van der Waals surface area contributed by atoms with Gasteiger partial charge in [-0.05, 0) is 80.5 Å². The molecule has 0 aromatic heterocycles. The van der Waals surface area contributed by atoms with Crippen LogP contribution in [0, 0.1) is 5.92 Å². The van der Waals surface area contributed by atoms with E-state index in [-0.39, 0.29) is 24.2 Å². The van der Waals surface area contributed by atoms with Crippen LogP contribution in [0.2, 0.25) is 5.02 Å². The fourth-order valence-corrected chi connectivity index (χ4v) is 5.17. The summed E-state index contributed by atoms with van der Waals surface area (Å²) in [7, 11) is 2.15. The van der Waals surface area contributed by atoms with E-state index in [1.165, 1.54) is 18.4 Å². The minimum absolute atomic E-state index is 0.0144. The molecule has 2 heterocycles. The molecule has 1 spiro atoms. The molecule has 3 fully saturated rings. The monoisotopic (exact) mass is 468 g/mol. The van der Waals surface area contributed by atoms with Gasteiger partial charge < -0.3 is 19.3 Å². The molecule has 1 amide bonds. The van der Waals surface area contributed by atoms with Crippen molar-refractivity contribution in [1.82, 2.24) is 9.80 Å². The molecule has 33 heavy (non-hydrogen) atoms. The van der Waals surface area contributed by atoms with E-state index in [0.717, 1.165) is 61.2 Å². The molecule has 2 aromatic carbocycles. The number of carbonyl (C=O) groups is 1. The summed E-state index contributed by atoms with van der Waals surface area (Å²) in [6.45, 7) is 3.50. The van der Waals surface area contributed by atoms with Crippen molar-refractivity contribution in [2.24, 2.45) is 5.92 Å².